The van der Waals surface area contributed by atoms with Crippen molar-refractivity contribution in [3.63, 3.8) is 0 Å². The summed E-state index contributed by atoms with van der Waals surface area (Å²) in [5, 5.41) is 3.05. The molecule has 0 aromatic heterocycles. The van der Waals surface area contributed by atoms with Gasteiger partial charge in [-0.2, -0.15) is 0 Å². The van der Waals surface area contributed by atoms with Crippen LogP contribution in [0.15, 0.2) is 18.2 Å². The molecule has 0 bridgehead atoms. The topological polar surface area (TPSA) is 50.8 Å². The molecule has 0 aliphatic carbocycles. The Morgan fingerprint density at radius 2 is 2.17 bits per heavy atom. The number of hydrogen-bond donors (Lipinski definition) is 1. The van der Waals surface area contributed by atoms with Crippen LogP contribution in [-0.2, 0) is 11.2 Å². The maximum Gasteiger partial charge on any atom is 0.224 e. The normalized spacial score (nSPS) is 19.6. The van der Waals surface area contributed by atoms with Gasteiger partial charge in [-0.05, 0) is 50.4 Å². The highest BCUT2D eigenvalue weighted by atomic mass is 16.5. The molecule has 1 aliphatic heterocycles. The van der Waals surface area contributed by atoms with Crippen LogP contribution in [0.25, 0.3) is 0 Å². The van der Waals surface area contributed by atoms with Crippen LogP contribution in [0, 0.1) is 5.92 Å². The zero-order valence-electron chi connectivity index (χ0n) is 15.3. The molecule has 0 saturated carbocycles. The Hall–Kier alpha value is -1.75. The summed E-state index contributed by atoms with van der Waals surface area (Å²) in [6.07, 6.45) is 2.86. The second kappa shape index (κ2) is 8.92. The molecule has 5 heteroatoms. The van der Waals surface area contributed by atoms with E-state index in [-0.39, 0.29) is 5.91 Å². The van der Waals surface area contributed by atoms with Gasteiger partial charge in [0.2, 0.25) is 5.91 Å². The molecule has 0 spiro atoms. The first kappa shape index (κ1) is 18.6. The monoisotopic (exact) mass is 334 g/mol. The standard InChI is InChI=1S/C19H30N2O3/c1-14-6-5-9-21(13-14)15(2)12-20-19(22)11-16-10-17(23-3)7-8-18(16)24-4/h7-8,10,14-15H,5-6,9,11-13H2,1-4H3,(H,20,22). The molecule has 1 fully saturated rings. The smallest absolute Gasteiger partial charge is 0.224 e. The number of carbonyl (C=O) groups excluding carboxylic acids is 1. The Labute approximate surface area is 145 Å². The minimum atomic E-state index is 0.0125. The highest BCUT2D eigenvalue weighted by Crippen LogP contribution is 2.24. The zero-order valence-corrected chi connectivity index (χ0v) is 15.3. The molecule has 24 heavy (non-hydrogen) atoms. The van der Waals surface area contributed by atoms with E-state index in [0.717, 1.165) is 30.3 Å². The van der Waals surface area contributed by atoms with E-state index in [1.165, 1.54) is 12.8 Å². The highest BCUT2D eigenvalue weighted by Gasteiger charge is 2.21. The Bertz CT molecular complexity index is 547. The Kier molecular flexibility index (Phi) is 6.91. The first-order valence-corrected chi connectivity index (χ1v) is 8.75. The van der Waals surface area contributed by atoms with Gasteiger partial charge in [-0.25, -0.2) is 0 Å². The molecule has 1 N–H and O–H groups in total. The van der Waals surface area contributed by atoms with E-state index in [9.17, 15) is 4.79 Å². The average Bonchev–Trinajstić information content (AvgIpc) is 2.59. The third-order valence-electron chi connectivity index (χ3n) is 4.74. The van der Waals surface area contributed by atoms with Crippen molar-refractivity contribution >= 4 is 5.91 Å². The number of likely N-dealkylation sites (tertiary alicyclic amines) is 1. The molecular formula is C19H30N2O3. The van der Waals surface area contributed by atoms with Crippen LogP contribution in [0.2, 0.25) is 0 Å². The largest absolute Gasteiger partial charge is 0.497 e. The number of methoxy groups -OCH3 is 2. The van der Waals surface area contributed by atoms with E-state index in [1.54, 1.807) is 14.2 Å². The number of piperidine rings is 1. The van der Waals surface area contributed by atoms with Gasteiger partial charge in [0.15, 0.2) is 0 Å². The fraction of sp³-hybridized carbons (Fsp3) is 0.632. The van der Waals surface area contributed by atoms with Gasteiger partial charge in [-0.3, -0.25) is 9.69 Å². The average molecular weight is 334 g/mol. The first-order chi connectivity index (χ1) is 11.5. The van der Waals surface area contributed by atoms with Gasteiger partial charge in [-0.15, -0.1) is 0 Å². The number of benzene rings is 1. The number of hydrogen-bond acceptors (Lipinski definition) is 4. The van der Waals surface area contributed by atoms with Crippen molar-refractivity contribution in [2.24, 2.45) is 5.92 Å². The number of ether oxygens (including phenoxy) is 2. The number of rotatable bonds is 7. The molecule has 134 valence electrons. The predicted molar refractivity (Wildman–Crippen MR) is 95.7 cm³/mol. The molecule has 1 amide bonds. The molecule has 2 atom stereocenters. The van der Waals surface area contributed by atoms with E-state index in [4.69, 9.17) is 9.47 Å². The fourth-order valence-corrected chi connectivity index (χ4v) is 3.27. The summed E-state index contributed by atoms with van der Waals surface area (Å²) in [6, 6.07) is 5.89. The van der Waals surface area contributed by atoms with Crippen molar-refractivity contribution in [3.8, 4) is 11.5 Å². The first-order valence-electron chi connectivity index (χ1n) is 8.75. The van der Waals surface area contributed by atoms with E-state index in [1.807, 2.05) is 18.2 Å². The third kappa shape index (κ3) is 5.13. The van der Waals surface area contributed by atoms with Gasteiger partial charge < -0.3 is 14.8 Å². The highest BCUT2D eigenvalue weighted by molar-refractivity contribution is 5.79. The maximum atomic E-state index is 12.3. The molecule has 1 saturated heterocycles. The molecule has 5 nitrogen and oxygen atoms in total. The molecule has 1 heterocycles. The van der Waals surface area contributed by atoms with Crippen molar-refractivity contribution in [1.29, 1.82) is 0 Å². The van der Waals surface area contributed by atoms with Gasteiger partial charge in [0.1, 0.15) is 11.5 Å². The number of nitrogens with zero attached hydrogens (tertiary/aromatic N) is 1. The minimum absolute atomic E-state index is 0.0125. The Morgan fingerprint density at radius 3 is 2.83 bits per heavy atom. The van der Waals surface area contributed by atoms with Crippen LogP contribution in [0.4, 0.5) is 0 Å². The molecule has 2 unspecified atom stereocenters. The van der Waals surface area contributed by atoms with E-state index < -0.39 is 0 Å². The van der Waals surface area contributed by atoms with Crippen molar-refractivity contribution in [1.82, 2.24) is 10.2 Å². The van der Waals surface area contributed by atoms with Gasteiger partial charge in [-0.1, -0.05) is 6.92 Å². The number of nitrogens with one attached hydrogen (secondary N) is 1. The fourth-order valence-electron chi connectivity index (χ4n) is 3.27. The van der Waals surface area contributed by atoms with Gasteiger partial charge in [0.25, 0.3) is 0 Å². The summed E-state index contributed by atoms with van der Waals surface area (Å²) in [4.78, 5) is 14.8. The van der Waals surface area contributed by atoms with Crippen molar-refractivity contribution < 1.29 is 14.3 Å². The van der Waals surface area contributed by atoms with E-state index in [0.29, 0.717) is 24.8 Å². The number of amides is 1. The van der Waals surface area contributed by atoms with Crippen LogP contribution < -0.4 is 14.8 Å². The van der Waals surface area contributed by atoms with Crippen LogP contribution >= 0.6 is 0 Å². The zero-order chi connectivity index (χ0) is 17.5. The Balaban J connectivity index is 1.86. The lowest BCUT2D eigenvalue weighted by molar-refractivity contribution is -0.120. The molecule has 0 radical (unpaired) electrons. The Morgan fingerprint density at radius 1 is 1.38 bits per heavy atom. The van der Waals surface area contributed by atoms with Gasteiger partial charge >= 0.3 is 0 Å². The third-order valence-corrected chi connectivity index (χ3v) is 4.74. The second-order valence-electron chi connectivity index (χ2n) is 6.75. The van der Waals surface area contributed by atoms with Crippen molar-refractivity contribution in [2.75, 3.05) is 33.9 Å². The van der Waals surface area contributed by atoms with E-state index >= 15 is 0 Å². The van der Waals surface area contributed by atoms with Crippen LogP contribution in [0.1, 0.15) is 32.3 Å². The summed E-state index contributed by atoms with van der Waals surface area (Å²) in [7, 11) is 3.23. The number of carbonyl (C=O) groups is 1. The van der Waals surface area contributed by atoms with E-state index in [2.05, 4.69) is 24.1 Å². The summed E-state index contributed by atoms with van der Waals surface area (Å²) < 4.78 is 10.6. The lowest BCUT2D eigenvalue weighted by atomic mass is 9.99. The van der Waals surface area contributed by atoms with Crippen molar-refractivity contribution in [2.45, 2.75) is 39.2 Å². The molecule has 2 rings (SSSR count). The SMILES string of the molecule is COc1ccc(OC)c(CC(=O)NCC(C)N2CCCC(C)C2)c1. The summed E-state index contributed by atoms with van der Waals surface area (Å²) in [6.45, 7) is 7.42. The van der Waals surface area contributed by atoms with Crippen LogP contribution in [0.5, 0.6) is 11.5 Å². The van der Waals surface area contributed by atoms with Crippen LogP contribution in [-0.4, -0.2) is 50.7 Å². The lowest BCUT2D eigenvalue weighted by Gasteiger charge is -2.35. The molecular weight excluding hydrogens is 304 g/mol. The molecule has 1 aromatic rings. The maximum absolute atomic E-state index is 12.3. The van der Waals surface area contributed by atoms with Crippen molar-refractivity contribution in [3.05, 3.63) is 23.8 Å². The molecule has 1 aromatic carbocycles. The molecule has 1 aliphatic rings. The lowest BCUT2D eigenvalue weighted by Crippen LogP contribution is -2.46. The van der Waals surface area contributed by atoms with Gasteiger partial charge in [0.05, 0.1) is 20.6 Å². The summed E-state index contributed by atoms with van der Waals surface area (Å²) >= 11 is 0. The minimum Gasteiger partial charge on any atom is -0.497 e. The summed E-state index contributed by atoms with van der Waals surface area (Å²) in [5.74, 6) is 2.20. The summed E-state index contributed by atoms with van der Waals surface area (Å²) in [5.41, 5.74) is 0.841. The van der Waals surface area contributed by atoms with Gasteiger partial charge in [0, 0.05) is 24.7 Å². The predicted octanol–water partition coefficient (Wildman–Crippen LogP) is 2.48. The second-order valence-corrected chi connectivity index (χ2v) is 6.75. The van der Waals surface area contributed by atoms with Crippen LogP contribution in [0.3, 0.4) is 0 Å². The quantitative estimate of drug-likeness (QED) is 0.832.